The van der Waals surface area contributed by atoms with E-state index in [1.54, 1.807) is 27.6 Å². The molecule has 4 aromatic rings. The molecule has 0 spiro atoms. The first kappa shape index (κ1) is 32.2. The minimum atomic E-state index is -0.525. The number of aromatic nitrogens is 5. The fourth-order valence-electron chi connectivity index (χ4n) is 5.51. The smallest absolute Gasteiger partial charge is 0.251 e. The van der Waals surface area contributed by atoms with Crippen molar-refractivity contribution in [2.45, 2.75) is 46.2 Å². The molecule has 2 aromatic heterocycles. The van der Waals surface area contributed by atoms with E-state index in [0.717, 1.165) is 22.5 Å². The van der Waals surface area contributed by atoms with Crippen LogP contribution in [-0.2, 0) is 29.6 Å². The zero-order valence-corrected chi connectivity index (χ0v) is 26.9. The van der Waals surface area contributed by atoms with Gasteiger partial charge in [0.15, 0.2) is 17.3 Å². The summed E-state index contributed by atoms with van der Waals surface area (Å²) in [5.74, 6) is 1.05. The Bertz CT molecular complexity index is 1710. The van der Waals surface area contributed by atoms with Crippen molar-refractivity contribution < 1.29 is 23.9 Å². The fraction of sp³-hybridized carbons (Fsp3) is 0.394. The lowest BCUT2D eigenvalue weighted by molar-refractivity contribution is -0.136. The Hall–Kier alpha value is -5.20. The van der Waals surface area contributed by atoms with E-state index in [9.17, 15) is 14.4 Å². The van der Waals surface area contributed by atoms with Crippen LogP contribution in [0.4, 0.5) is 0 Å². The summed E-state index contributed by atoms with van der Waals surface area (Å²) in [6.07, 6.45) is 0.684. The first-order chi connectivity index (χ1) is 22.1. The van der Waals surface area contributed by atoms with Crippen molar-refractivity contribution in [1.29, 1.82) is 0 Å². The van der Waals surface area contributed by atoms with Crippen molar-refractivity contribution in [2.75, 3.05) is 33.4 Å². The van der Waals surface area contributed by atoms with Gasteiger partial charge in [-0.15, -0.1) is 0 Å². The SMILES string of the molecule is COc1ccc2cc1OCCn1nc(-c3ccccc3)nc1[C@@H](C)NC(=O)CN(C(=O)CCc1c(C)nn(C)c1C)CCNC2=O. The third-order valence-electron chi connectivity index (χ3n) is 8.09. The molecule has 13 nitrogen and oxygen atoms in total. The van der Waals surface area contributed by atoms with Crippen LogP contribution in [0.1, 0.15) is 52.5 Å². The van der Waals surface area contributed by atoms with Crippen molar-refractivity contribution in [3.05, 3.63) is 76.9 Å². The van der Waals surface area contributed by atoms with Gasteiger partial charge in [0.2, 0.25) is 11.8 Å². The maximum absolute atomic E-state index is 13.5. The van der Waals surface area contributed by atoms with Gasteiger partial charge >= 0.3 is 0 Å². The largest absolute Gasteiger partial charge is 0.493 e. The van der Waals surface area contributed by atoms with Gasteiger partial charge in [0.05, 0.1) is 31.9 Å². The number of carbonyl (C=O) groups is 3. The number of fused-ring (bicyclic) bond motifs is 3. The quantitative estimate of drug-likeness (QED) is 0.343. The number of carbonyl (C=O) groups excluding carboxylic acids is 3. The molecule has 5 rings (SSSR count). The molecular formula is C33H40N8O5. The zero-order valence-electron chi connectivity index (χ0n) is 26.9. The molecule has 2 bridgehead atoms. The van der Waals surface area contributed by atoms with Crippen LogP contribution in [0.15, 0.2) is 48.5 Å². The van der Waals surface area contributed by atoms with Gasteiger partial charge in [0, 0.05) is 43.4 Å². The van der Waals surface area contributed by atoms with Gasteiger partial charge in [0.25, 0.3) is 5.91 Å². The summed E-state index contributed by atoms with van der Waals surface area (Å²) in [5.41, 5.74) is 4.09. The van der Waals surface area contributed by atoms with Gasteiger partial charge < -0.3 is 25.0 Å². The number of amides is 3. The molecule has 0 fully saturated rings. The van der Waals surface area contributed by atoms with Crippen LogP contribution in [0.25, 0.3) is 11.4 Å². The Kier molecular flexibility index (Phi) is 9.99. The summed E-state index contributed by atoms with van der Waals surface area (Å²) in [6, 6.07) is 14.0. The molecule has 1 aliphatic rings. The van der Waals surface area contributed by atoms with Crippen LogP contribution in [-0.4, -0.2) is 80.5 Å². The van der Waals surface area contributed by atoms with Crippen molar-refractivity contribution in [1.82, 2.24) is 40.1 Å². The Balaban J connectivity index is 1.42. The van der Waals surface area contributed by atoms with Crippen molar-refractivity contribution in [2.24, 2.45) is 7.05 Å². The van der Waals surface area contributed by atoms with E-state index in [1.165, 1.54) is 12.0 Å². The van der Waals surface area contributed by atoms with Crippen molar-refractivity contribution >= 4 is 17.7 Å². The molecule has 3 amide bonds. The topological polar surface area (TPSA) is 146 Å². The van der Waals surface area contributed by atoms with Crippen molar-refractivity contribution in [3.8, 4) is 22.9 Å². The molecule has 3 heterocycles. The standard InChI is InChI=1S/C33H40N8O5/c1-21-26(23(3)39(4)37-21)12-14-30(43)40-16-15-34-33(44)25-11-13-27(45-5)28(19-25)46-18-17-41-32(22(2)35-29(42)20-40)36-31(38-41)24-9-7-6-8-10-24/h6-11,13,19,22H,12,14-18,20H2,1-5H3,(H,34,44)(H,35,42)/t22-/m1/s1. The van der Waals surface area contributed by atoms with Crippen LogP contribution < -0.4 is 20.1 Å². The highest BCUT2D eigenvalue weighted by Crippen LogP contribution is 2.28. The van der Waals surface area contributed by atoms with Crippen LogP contribution in [0.3, 0.4) is 0 Å². The van der Waals surface area contributed by atoms with Gasteiger partial charge in [-0.2, -0.15) is 10.2 Å². The number of rotatable bonds is 5. The predicted octanol–water partition coefficient (Wildman–Crippen LogP) is 2.77. The first-order valence-corrected chi connectivity index (χ1v) is 15.3. The number of methoxy groups -OCH3 is 1. The molecule has 0 saturated carbocycles. The second kappa shape index (κ2) is 14.3. The highest BCUT2D eigenvalue weighted by Gasteiger charge is 2.24. The third-order valence-corrected chi connectivity index (χ3v) is 8.09. The average Bonchev–Trinajstić information content (AvgIpc) is 3.58. The average molecular weight is 629 g/mol. The van der Waals surface area contributed by atoms with Gasteiger partial charge in [-0.3, -0.25) is 19.1 Å². The number of nitrogens with one attached hydrogen (secondary N) is 2. The normalized spacial score (nSPS) is 16.1. The van der Waals surface area contributed by atoms with Crippen molar-refractivity contribution in [3.63, 3.8) is 0 Å². The zero-order chi connectivity index (χ0) is 32.8. The third kappa shape index (κ3) is 7.36. The Labute approximate surface area is 267 Å². The molecule has 2 aromatic carbocycles. The number of ether oxygens (including phenoxy) is 2. The molecule has 13 heteroatoms. The van der Waals surface area contributed by atoms with Crippen LogP contribution in [0.2, 0.25) is 0 Å². The maximum atomic E-state index is 13.5. The highest BCUT2D eigenvalue weighted by atomic mass is 16.5. The van der Waals surface area contributed by atoms with E-state index in [4.69, 9.17) is 19.6 Å². The molecule has 46 heavy (non-hydrogen) atoms. The summed E-state index contributed by atoms with van der Waals surface area (Å²) in [6.45, 7) is 6.34. The van der Waals surface area contributed by atoms with Crippen LogP contribution >= 0.6 is 0 Å². The Morgan fingerprint density at radius 2 is 1.85 bits per heavy atom. The van der Waals surface area contributed by atoms with E-state index in [1.807, 2.05) is 58.2 Å². The molecule has 1 aliphatic heterocycles. The molecular weight excluding hydrogens is 588 g/mol. The molecule has 0 radical (unpaired) electrons. The minimum Gasteiger partial charge on any atom is -0.493 e. The minimum absolute atomic E-state index is 0.144. The number of hydrogen-bond acceptors (Lipinski definition) is 8. The molecule has 242 valence electrons. The highest BCUT2D eigenvalue weighted by molar-refractivity contribution is 5.95. The molecule has 0 aliphatic carbocycles. The van der Waals surface area contributed by atoms with E-state index in [-0.39, 0.29) is 50.4 Å². The lowest BCUT2D eigenvalue weighted by atomic mass is 10.1. The van der Waals surface area contributed by atoms with Crippen LogP contribution in [0, 0.1) is 13.8 Å². The molecule has 1 atom stereocenters. The number of nitrogens with zero attached hydrogens (tertiary/aromatic N) is 6. The Morgan fingerprint density at radius 3 is 2.57 bits per heavy atom. The fourth-order valence-corrected chi connectivity index (χ4v) is 5.51. The van der Waals surface area contributed by atoms with Gasteiger partial charge in [-0.1, -0.05) is 30.3 Å². The number of aryl methyl sites for hydroxylation is 2. The summed E-state index contributed by atoms with van der Waals surface area (Å²) in [7, 11) is 3.41. The predicted molar refractivity (Wildman–Crippen MR) is 170 cm³/mol. The molecule has 0 unspecified atom stereocenters. The second-order valence-corrected chi connectivity index (χ2v) is 11.2. The van der Waals surface area contributed by atoms with E-state index < -0.39 is 6.04 Å². The molecule has 2 N–H and O–H groups in total. The second-order valence-electron chi connectivity index (χ2n) is 11.2. The lowest BCUT2D eigenvalue weighted by Crippen LogP contribution is -2.45. The van der Waals surface area contributed by atoms with Crippen LogP contribution in [0.5, 0.6) is 11.5 Å². The monoisotopic (exact) mass is 628 g/mol. The summed E-state index contributed by atoms with van der Waals surface area (Å²) in [5, 5.41) is 15.0. The Morgan fingerprint density at radius 1 is 1.07 bits per heavy atom. The van der Waals surface area contributed by atoms with E-state index >= 15 is 0 Å². The molecule has 0 saturated heterocycles. The number of hydrogen-bond donors (Lipinski definition) is 2. The summed E-state index contributed by atoms with van der Waals surface area (Å²) in [4.78, 5) is 46.2. The number of benzene rings is 2. The maximum Gasteiger partial charge on any atom is 0.251 e. The lowest BCUT2D eigenvalue weighted by Gasteiger charge is -2.24. The van der Waals surface area contributed by atoms with E-state index in [0.29, 0.717) is 41.7 Å². The summed E-state index contributed by atoms with van der Waals surface area (Å²) >= 11 is 0. The van der Waals surface area contributed by atoms with Gasteiger partial charge in [-0.05, 0) is 51.0 Å². The van der Waals surface area contributed by atoms with Gasteiger partial charge in [0.1, 0.15) is 12.4 Å². The summed E-state index contributed by atoms with van der Waals surface area (Å²) < 4.78 is 15.0. The van der Waals surface area contributed by atoms with Gasteiger partial charge in [-0.25, -0.2) is 9.67 Å². The van der Waals surface area contributed by atoms with E-state index in [2.05, 4.69) is 15.7 Å². The first-order valence-electron chi connectivity index (χ1n) is 15.3.